The van der Waals surface area contributed by atoms with Crippen molar-refractivity contribution in [3.63, 3.8) is 0 Å². The number of aliphatic imine (C=N–C) groups is 1. The lowest BCUT2D eigenvalue weighted by Crippen LogP contribution is -2.45. The Morgan fingerprint density at radius 3 is 2.74 bits per heavy atom. The molecule has 0 heterocycles. The number of rotatable bonds is 8. The van der Waals surface area contributed by atoms with Gasteiger partial charge in [0.2, 0.25) is 5.91 Å². The fourth-order valence-electron chi connectivity index (χ4n) is 1.91. The molecule has 6 heteroatoms. The largest absolute Gasteiger partial charge is 0.489 e. The number of nitrogens with one attached hydrogen (secondary N) is 3. The Hall–Kier alpha value is -2.24. The predicted octanol–water partition coefficient (Wildman–Crippen LogP) is 1.45. The van der Waals surface area contributed by atoms with Crippen LogP contribution in [0.15, 0.2) is 29.3 Å². The Morgan fingerprint density at radius 1 is 1.30 bits per heavy atom. The highest BCUT2D eigenvalue weighted by Crippen LogP contribution is 2.13. The van der Waals surface area contributed by atoms with Gasteiger partial charge in [-0.3, -0.25) is 9.79 Å². The zero-order valence-electron chi connectivity index (χ0n) is 14.5. The van der Waals surface area contributed by atoms with Gasteiger partial charge in [0.25, 0.3) is 0 Å². The number of carbonyl (C=O) groups excluding carboxylic acids is 1. The Bertz CT molecular complexity index is 517. The van der Waals surface area contributed by atoms with Crippen LogP contribution in [0.25, 0.3) is 0 Å². The Labute approximate surface area is 138 Å². The van der Waals surface area contributed by atoms with E-state index in [1.54, 1.807) is 7.05 Å². The topological polar surface area (TPSA) is 74.8 Å². The number of hydrogen-bond donors (Lipinski definition) is 3. The predicted molar refractivity (Wildman–Crippen MR) is 93.9 cm³/mol. The van der Waals surface area contributed by atoms with Crippen molar-refractivity contribution in [3.8, 4) is 5.75 Å². The summed E-state index contributed by atoms with van der Waals surface area (Å²) in [5.74, 6) is 1.39. The summed E-state index contributed by atoms with van der Waals surface area (Å²) in [6.45, 7) is 7.51. The molecule has 0 aromatic heterocycles. The zero-order chi connectivity index (χ0) is 17.1. The third-order valence-corrected chi connectivity index (χ3v) is 3.10. The van der Waals surface area contributed by atoms with Crippen LogP contribution in [-0.4, -0.2) is 44.7 Å². The highest BCUT2D eigenvalue weighted by Gasteiger charge is 2.07. The van der Waals surface area contributed by atoms with E-state index in [0.717, 1.165) is 12.2 Å². The van der Waals surface area contributed by atoms with E-state index < -0.39 is 0 Å². The van der Waals surface area contributed by atoms with Crippen LogP contribution in [0.4, 0.5) is 0 Å². The van der Waals surface area contributed by atoms with Crippen molar-refractivity contribution in [1.82, 2.24) is 16.0 Å². The lowest BCUT2D eigenvalue weighted by Gasteiger charge is -2.18. The Balaban J connectivity index is 2.32. The molecule has 0 aliphatic carbocycles. The SMILES string of the molecule is CCCNC(=O)CNC(=NC)NCC(C)Oc1cccc(C)c1. The van der Waals surface area contributed by atoms with E-state index >= 15 is 0 Å². The summed E-state index contributed by atoms with van der Waals surface area (Å²) in [5, 5.41) is 8.93. The van der Waals surface area contributed by atoms with E-state index in [2.05, 4.69) is 20.9 Å². The lowest BCUT2D eigenvalue weighted by atomic mass is 10.2. The molecule has 1 rings (SSSR count). The summed E-state index contributed by atoms with van der Waals surface area (Å²) in [6.07, 6.45) is 0.899. The molecule has 128 valence electrons. The van der Waals surface area contributed by atoms with Crippen molar-refractivity contribution < 1.29 is 9.53 Å². The van der Waals surface area contributed by atoms with Gasteiger partial charge in [0.05, 0.1) is 13.1 Å². The smallest absolute Gasteiger partial charge is 0.239 e. The van der Waals surface area contributed by atoms with Crippen LogP contribution in [0.5, 0.6) is 5.75 Å². The quantitative estimate of drug-likeness (QED) is 0.501. The van der Waals surface area contributed by atoms with Crippen molar-refractivity contribution in [2.24, 2.45) is 4.99 Å². The van der Waals surface area contributed by atoms with Gasteiger partial charge < -0.3 is 20.7 Å². The molecule has 1 aromatic rings. The van der Waals surface area contributed by atoms with Gasteiger partial charge in [-0.15, -0.1) is 0 Å². The van der Waals surface area contributed by atoms with Crippen LogP contribution in [0, 0.1) is 6.92 Å². The first kappa shape index (κ1) is 18.8. The van der Waals surface area contributed by atoms with Crippen LogP contribution < -0.4 is 20.7 Å². The second-order valence-corrected chi connectivity index (χ2v) is 5.40. The summed E-state index contributed by atoms with van der Waals surface area (Å²) < 4.78 is 5.84. The van der Waals surface area contributed by atoms with Crippen molar-refractivity contribution in [2.75, 3.05) is 26.7 Å². The number of carbonyl (C=O) groups is 1. The van der Waals surface area contributed by atoms with Gasteiger partial charge in [-0.1, -0.05) is 19.1 Å². The maximum Gasteiger partial charge on any atom is 0.239 e. The number of benzene rings is 1. The molecule has 0 saturated heterocycles. The fourth-order valence-corrected chi connectivity index (χ4v) is 1.91. The molecule has 1 unspecified atom stereocenters. The van der Waals surface area contributed by atoms with Crippen molar-refractivity contribution in [1.29, 1.82) is 0 Å². The van der Waals surface area contributed by atoms with E-state index in [0.29, 0.717) is 19.0 Å². The molecule has 23 heavy (non-hydrogen) atoms. The monoisotopic (exact) mass is 320 g/mol. The maximum absolute atomic E-state index is 11.6. The van der Waals surface area contributed by atoms with E-state index in [-0.39, 0.29) is 18.6 Å². The third-order valence-electron chi connectivity index (χ3n) is 3.10. The molecule has 3 N–H and O–H groups in total. The first-order valence-electron chi connectivity index (χ1n) is 7.99. The molecule has 0 bridgehead atoms. The second-order valence-electron chi connectivity index (χ2n) is 5.40. The molecule has 0 spiro atoms. The van der Waals surface area contributed by atoms with Gasteiger partial charge in [-0.05, 0) is 38.0 Å². The third kappa shape index (κ3) is 8.09. The first-order valence-corrected chi connectivity index (χ1v) is 7.99. The summed E-state index contributed by atoms with van der Waals surface area (Å²) >= 11 is 0. The summed E-state index contributed by atoms with van der Waals surface area (Å²) in [6, 6.07) is 7.95. The summed E-state index contributed by atoms with van der Waals surface area (Å²) in [5.41, 5.74) is 1.17. The fraction of sp³-hybridized carbons (Fsp3) is 0.529. The zero-order valence-corrected chi connectivity index (χ0v) is 14.5. The molecule has 0 saturated carbocycles. The number of amides is 1. The van der Waals surface area contributed by atoms with Gasteiger partial charge >= 0.3 is 0 Å². The molecule has 1 amide bonds. The molecule has 6 nitrogen and oxygen atoms in total. The summed E-state index contributed by atoms with van der Waals surface area (Å²) in [4.78, 5) is 15.6. The first-order chi connectivity index (χ1) is 11.0. The Morgan fingerprint density at radius 2 is 2.09 bits per heavy atom. The average molecular weight is 320 g/mol. The van der Waals surface area contributed by atoms with E-state index in [1.807, 2.05) is 45.0 Å². The highest BCUT2D eigenvalue weighted by atomic mass is 16.5. The highest BCUT2D eigenvalue weighted by molar-refractivity contribution is 5.86. The summed E-state index contributed by atoms with van der Waals surface area (Å²) in [7, 11) is 1.67. The van der Waals surface area contributed by atoms with E-state index in [9.17, 15) is 4.79 Å². The normalized spacial score (nSPS) is 12.4. The number of nitrogens with zero attached hydrogens (tertiary/aromatic N) is 1. The molecule has 1 aromatic carbocycles. The minimum absolute atomic E-state index is 0.0238. The van der Waals surface area contributed by atoms with Crippen LogP contribution in [0.2, 0.25) is 0 Å². The molecule has 0 aliphatic rings. The lowest BCUT2D eigenvalue weighted by molar-refractivity contribution is -0.120. The van der Waals surface area contributed by atoms with Gasteiger partial charge in [-0.25, -0.2) is 0 Å². The van der Waals surface area contributed by atoms with Gasteiger partial charge in [0, 0.05) is 13.6 Å². The standard InChI is InChI=1S/C17H28N4O2/c1-5-9-19-16(22)12-21-17(18-4)20-11-14(3)23-15-8-6-7-13(2)10-15/h6-8,10,14H,5,9,11-12H2,1-4H3,(H,19,22)(H2,18,20,21). The number of ether oxygens (including phenoxy) is 1. The molecule has 0 radical (unpaired) electrons. The van der Waals surface area contributed by atoms with Crippen molar-refractivity contribution in [3.05, 3.63) is 29.8 Å². The molecular formula is C17H28N4O2. The number of aryl methyl sites for hydroxylation is 1. The molecule has 0 fully saturated rings. The molecule has 0 aliphatic heterocycles. The average Bonchev–Trinajstić information content (AvgIpc) is 2.53. The molecular weight excluding hydrogens is 292 g/mol. The van der Waals surface area contributed by atoms with Crippen LogP contribution in [0.3, 0.4) is 0 Å². The van der Waals surface area contributed by atoms with Crippen LogP contribution in [0.1, 0.15) is 25.8 Å². The van der Waals surface area contributed by atoms with Crippen LogP contribution >= 0.6 is 0 Å². The van der Waals surface area contributed by atoms with E-state index in [1.165, 1.54) is 5.56 Å². The maximum atomic E-state index is 11.6. The van der Waals surface area contributed by atoms with Gasteiger partial charge in [0.1, 0.15) is 11.9 Å². The Kier molecular flexibility index (Phi) is 8.57. The number of guanidine groups is 1. The van der Waals surface area contributed by atoms with Crippen molar-refractivity contribution >= 4 is 11.9 Å². The minimum Gasteiger partial charge on any atom is -0.489 e. The van der Waals surface area contributed by atoms with Crippen molar-refractivity contribution in [2.45, 2.75) is 33.3 Å². The van der Waals surface area contributed by atoms with E-state index in [4.69, 9.17) is 4.74 Å². The van der Waals surface area contributed by atoms with Gasteiger partial charge in [-0.2, -0.15) is 0 Å². The van der Waals surface area contributed by atoms with Crippen LogP contribution in [-0.2, 0) is 4.79 Å². The van der Waals surface area contributed by atoms with Gasteiger partial charge in [0.15, 0.2) is 5.96 Å². The second kappa shape index (κ2) is 10.5. The molecule has 1 atom stereocenters. The minimum atomic E-state index is -0.0427. The number of hydrogen-bond acceptors (Lipinski definition) is 3.